The third-order valence-corrected chi connectivity index (χ3v) is 5.14. The minimum atomic E-state index is -0.796. The Morgan fingerprint density at radius 2 is 2.26 bits per heavy atom. The summed E-state index contributed by atoms with van der Waals surface area (Å²) >= 11 is 1.70. The molecule has 0 saturated carbocycles. The van der Waals surface area contributed by atoms with E-state index in [1.54, 1.807) is 16.7 Å². The van der Waals surface area contributed by atoms with Crippen LogP contribution in [0.5, 0.6) is 0 Å². The largest absolute Gasteiger partial charge is 0.394 e. The molecule has 2 aliphatic heterocycles. The number of benzene rings is 1. The minimum absolute atomic E-state index is 0.0880. The van der Waals surface area contributed by atoms with Crippen LogP contribution in [0.1, 0.15) is 12.0 Å². The van der Waals surface area contributed by atoms with Crippen molar-refractivity contribution < 1.29 is 14.7 Å². The highest BCUT2D eigenvalue weighted by atomic mass is 32.2. The summed E-state index contributed by atoms with van der Waals surface area (Å²) in [5.74, 6) is -0.358. The van der Waals surface area contributed by atoms with Crippen molar-refractivity contribution in [2.45, 2.75) is 36.0 Å². The summed E-state index contributed by atoms with van der Waals surface area (Å²) < 4.78 is 0. The number of piperazine rings is 1. The standard InChI is InChI=1S/C16H21N3O3S/c1-23-12-4-2-3-10(5-12)7-17-11-6-14-15(21)18-13(9-20)16(22)19(14)8-11/h2-5,11,13-14,17,20H,6-9H2,1H3,(H,18,21)/t11-,13+,14-/m0/s1. The van der Waals surface area contributed by atoms with Gasteiger partial charge in [0.25, 0.3) is 0 Å². The molecule has 6 nitrogen and oxygen atoms in total. The van der Waals surface area contributed by atoms with Gasteiger partial charge in [0.1, 0.15) is 12.1 Å². The molecule has 0 aromatic heterocycles. The molecule has 3 rings (SSSR count). The first-order valence-corrected chi connectivity index (χ1v) is 8.93. The number of carbonyl (C=O) groups excluding carboxylic acids is 2. The molecule has 0 bridgehead atoms. The van der Waals surface area contributed by atoms with E-state index in [1.807, 2.05) is 12.3 Å². The van der Waals surface area contributed by atoms with Crippen molar-refractivity contribution in [2.75, 3.05) is 19.4 Å². The number of aliphatic hydroxyl groups is 1. The van der Waals surface area contributed by atoms with E-state index >= 15 is 0 Å². The summed E-state index contributed by atoms with van der Waals surface area (Å²) in [5, 5.41) is 15.2. The van der Waals surface area contributed by atoms with E-state index in [0.29, 0.717) is 19.5 Å². The summed E-state index contributed by atoms with van der Waals surface area (Å²) in [6, 6.07) is 7.18. The van der Waals surface area contributed by atoms with E-state index in [2.05, 4.69) is 28.8 Å². The fourth-order valence-electron chi connectivity index (χ4n) is 3.17. The molecule has 1 aromatic rings. The number of thioether (sulfide) groups is 1. The number of amides is 2. The molecule has 3 N–H and O–H groups in total. The van der Waals surface area contributed by atoms with Gasteiger partial charge in [-0.1, -0.05) is 12.1 Å². The van der Waals surface area contributed by atoms with Crippen LogP contribution >= 0.6 is 11.8 Å². The maximum Gasteiger partial charge on any atom is 0.248 e. The van der Waals surface area contributed by atoms with Gasteiger partial charge in [-0.15, -0.1) is 11.8 Å². The molecule has 2 fully saturated rings. The molecule has 1 aromatic carbocycles. The van der Waals surface area contributed by atoms with Gasteiger partial charge in [0.2, 0.25) is 11.8 Å². The maximum absolute atomic E-state index is 12.2. The maximum atomic E-state index is 12.2. The average Bonchev–Trinajstić information content (AvgIpc) is 3.01. The number of hydrogen-bond acceptors (Lipinski definition) is 5. The number of hydrogen-bond donors (Lipinski definition) is 3. The monoisotopic (exact) mass is 335 g/mol. The Labute approximate surface area is 139 Å². The molecular weight excluding hydrogens is 314 g/mol. The third kappa shape index (κ3) is 3.36. The molecule has 7 heteroatoms. The van der Waals surface area contributed by atoms with E-state index in [9.17, 15) is 14.7 Å². The van der Waals surface area contributed by atoms with Crippen LogP contribution in [0.15, 0.2) is 29.2 Å². The Hall–Kier alpha value is -1.57. The molecule has 0 radical (unpaired) electrons. The van der Waals surface area contributed by atoms with E-state index in [1.165, 1.54) is 10.5 Å². The highest BCUT2D eigenvalue weighted by Gasteiger charge is 2.45. The lowest BCUT2D eigenvalue weighted by Gasteiger charge is -2.33. The molecule has 0 unspecified atom stereocenters. The summed E-state index contributed by atoms with van der Waals surface area (Å²) in [4.78, 5) is 27.1. The molecule has 2 amide bonds. The highest BCUT2D eigenvalue weighted by molar-refractivity contribution is 7.98. The number of nitrogens with zero attached hydrogens (tertiary/aromatic N) is 1. The molecular formula is C16H21N3O3S. The van der Waals surface area contributed by atoms with Gasteiger partial charge in [-0.05, 0) is 30.4 Å². The van der Waals surface area contributed by atoms with Gasteiger partial charge in [-0.25, -0.2) is 0 Å². The van der Waals surface area contributed by atoms with Crippen molar-refractivity contribution in [1.82, 2.24) is 15.5 Å². The van der Waals surface area contributed by atoms with Crippen molar-refractivity contribution in [3.8, 4) is 0 Å². The average molecular weight is 335 g/mol. The molecule has 2 heterocycles. The Bertz CT molecular complexity index is 610. The summed E-state index contributed by atoms with van der Waals surface area (Å²) in [5.41, 5.74) is 1.19. The van der Waals surface area contributed by atoms with Crippen molar-refractivity contribution in [3.63, 3.8) is 0 Å². The number of aliphatic hydroxyl groups excluding tert-OH is 1. The fourth-order valence-corrected chi connectivity index (χ4v) is 3.66. The highest BCUT2D eigenvalue weighted by Crippen LogP contribution is 2.23. The van der Waals surface area contributed by atoms with Gasteiger partial charge in [0, 0.05) is 24.0 Å². The van der Waals surface area contributed by atoms with Crippen LogP contribution < -0.4 is 10.6 Å². The molecule has 3 atom stereocenters. The van der Waals surface area contributed by atoms with Crippen LogP contribution in [-0.2, 0) is 16.1 Å². The summed E-state index contributed by atoms with van der Waals surface area (Å²) in [6.45, 7) is 0.863. The van der Waals surface area contributed by atoms with Crippen LogP contribution in [0.2, 0.25) is 0 Å². The van der Waals surface area contributed by atoms with Gasteiger partial charge < -0.3 is 20.6 Å². The van der Waals surface area contributed by atoms with E-state index in [-0.39, 0.29) is 24.5 Å². The molecule has 2 aliphatic rings. The van der Waals surface area contributed by atoms with Crippen molar-refractivity contribution in [1.29, 1.82) is 0 Å². The number of fused-ring (bicyclic) bond motifs is 1. The summed E-state index contributed by atoms with van der Waals surface area (Å²) in [6.07, 6.45) is 2.65. The Morgan fingerprint density at radius 1 is 1.43 bits per heavy atom. The normalized spacial score (nSPS) is 27.0. The molecule has 124 valence electrons. The van der Waals surface area contributed by atoms with Gasteiger partial charge in [0.05, 0.1) is 6.61 Å². The Kier molecular flexibility index (Phi) is 4.89. The third-order valence-electron chi connectivity index (χ3n) is 4.41. The van der Waals surface area contributed by atoms with Gasteiger partial charge in [0.15, 0.2) is 0 Å². The number of rotatable bonds is 5. The fraction of sp³-hybridized carbons (Fsp3) is 0.500. The Balaban J connectivity index is 1.61. The molecule has 0 aliphatic carbocycles. The second-order valence-electron chi connectivity index (χ2n) is 5.92. The quantitative estimate of drug-likeness (QED) is 0.658. The number of nitrogens with one attached hydrogen (secondary N) is 2. The van der Waals surface area contributed by atoms with Gasteiger partial charge >= 0.3 is 0 Å². The minimum Gasteiger partial charge on any atom is -0.394 e. The van der Waals surface area contributed by atoms with E-state index < -0.39 is 12.1 Å². The Morgan fingerprint density at radius 3 is 3.00 bits per heavy atom. The predicted octanol–water partition coefficient (Wildman–Crippen LogP) is -0.0417. The van der Waals surface area contributed by atoms with Crippen LogP contribution in [0.25, 0.3) is 0 Å². The zero-order valence-corrected chi connectivity index (χ0v) is 13.8. The summed E-state index contributed by atoms with van der Waals surface area (Å²) in [7, 11) is 0. The van der Waals surface area contributed by atoms with Crippen LogP contribution in [0, 0.1) is 0 Å². The van der Waals surface area contributed by atoms with E-state index in [0.717, 1.165) is 0 Å². The first-order chi connectivity index (χ1) is 11.1. The van der Waals surface area contributed by atoms with Gasteiger partial charge in [-0.3, -0.25) is 9.59 Å². The second-order valence-corrected chi connectivity index (χ2v) is 6.79. The first-order valence-electron chi connectivity index (χ1n) is 7.70. The van der Waals surface area contributed by atoms with E-state index in [4.69, 9.17) is 0 Å². The van der Waals surface area contributed by atoms with Crippen LogP contribution in [0.3, 0.4) is 0 Å². The SMILES string of the molecule is CSc1cccc(CN[C@H]2C[C@H]3C(=O)N[C@H](CO)C(=O)N3C2)c1. The van der Waals surface area contributed by atoms with Crippen LogP contribution in [0.4, 0.5) is 0 Å². The smallest absolute Gasteiger partial charge is 0.248 e. The van der Waals surface area contributed by atoms with Crippen molar-refractivity contribution >= 4 is 23.6 Å². The lowest BCUT2D eigenvalue weighted by Crippen LogP contribution is -2.62. The lowest BCUT2D eigenvalue weighted by atomic mass is 10.1. The number of carbonyl (C=O) groups is 2. The van der Waals surface area contributed by atoms with Crippen molar-refractivity contribution in [3.05, 3.63) is 29.8 Å². The van der Waals surface area contributed by atoms with Crippen LogP contribution in [-0.4, -0.2) is 59.4 Å². The topological polar surface area (TPSA) is 81.7 Å². The molecule has 23 heavy (non-hydrogen) atoms. The van der Waals surface area contributed by atoms with Gasteiger partial charge in [-0.2, -0.15) is 0 Å². The zero-order chi connectivity index (χ0) is 16.4. The zero-order valence-electron chi connectivity index (χ0n) is 13.0. The molecule has 2 saturated heterocycles. The second kappa shape index (κ2) is 6.90. The molecule has 0 spiro atoms. The van der Waals surface area contributed by atoms with Crippen molar-refractivity contribution in [2.24, 2.45) is 0 Å². The predicted molar refractivity (Wildman–Crippen MR) is 88.0 cm³/mol. The lowest BCUT2D eigenvalue weighted by molar-refractivity contribution is -0.148. The first kappa shape index (κ1) is 16.3.